The van der Waals surface area contributed by atoms with Crippen molar-refractivity contribution in [3.05, 3.63) is 41.7 Å². The van der Waals surface area contributed by atoms with E-state index in [4.69, 9.17) is 9.84 Å². The molecule has 2 aromatic heterocycles. The van der Waals surface area contributed by atoms with Crippen LogP contribution in [0.5, 0.6) is 0 Å². The molecular formula is C15H17FN4O4. The number of rotatable bonds is 4. The van der Waals surface area contributed by atoms with Gasteiger partial charge in [0.1, 0.15) is 5.60 Å². The van der Waals surface area contributed by atoms with Crippen LogP contribution in [0.15, 0.2) is 24.7 Å². The summed E-state index contributed by atoms with van der Waals surface area (Å²) in [5.74, 6) is -2.35. The summed E-state index contributed by atoms with van der Waals surface area (Å²) >= 11 is 0. The van der Waals surface area contributed by atoms with Crippen LogP contribution in [0.4, 0.5) is 14.9 Å². The number of carboxylic acid groups (broad SMARTS) is 1. The molecule has 0 radical (unpaired) electrons. The lowest BCUT2D eigenvalue weighted by Crippen LogP contribution is -2.27. The SMILES string of the molecule is CC(C)(C)OC(=O)Nc1cnn(Cc2cnc(C(=O)O)c(F)c2)c1. The standard InChI is InChI=1S/C15H17FN4O4/c1-15(2,3)24-14(23)19-10-6-18-20(8-10)7-9-4-11(16)12(13(21)22)17-5-9/h4-6,8H,7H2,1-3H3,(H,19,23)(H,21,22). The fourth-order valence-electron chi connectivity index (χ4n) is 1.84. The number of nitrogens with zero attached hydrogens (tertiary/aromatic N) is 3. The highest BCUT2D eigenvalue weighted by Gasteiger charge is 2.17. The number of hydrogen-bond acceptors (Lipinski definition) is 5. The minimum atomic E-state index is -1.43. The second-order valence-electron chi connectivity index (χ2n) is 6.03. The molecule has 0 fully saturated rings. The number of carbonyl (C=O) groups excluding carboxylic acids is 1. The quantitative estimate of drug-likeness (QED) is 0.888. The Morgan fingerprint density at radius 2 is 2.08 bits per heavy atom. The Bertz CT molecular complexity index is 767. The van der Waals surface area contributed by atoms with Crippen LogP contribution < -0.4 is 5.32 Å². The van der Waals surface area contributed by atoms with Crippen molar-refractivity contribution in [3.63, 3.8) is 0 Å². The maximum atomic E-state index is 13.6. The lowest BCUT2D eigenvalue weighted by atomic mass is 10.2. The Hall–Kier alpha value is -2.97. The van der Waals surface area contributed by atoms with Crippen molar-refractivity contribution < 1.29 is 23.8 Å². The number of carboxylic acids is 1. The molecule has 0 aliphatic rings. The Labute approximate surface area is 137 Å². The Balaban J connectivity index is 2.02. The van der Waals surface area contributed by atoms with Gasteiger partial charge in [-0.25, -0.2) is 19.0 Å². The van der Waals surface area contributed by atoms with Gasteiger partial charge in [0.15, 0.2) is 11.5 Å². The molecule has 0 aromatic carbocycles. The molecule has 0 bridgehead atoms. The highest BCUT2D eigenvalue weighted by atomic mass is 19.1. The third kappa shape index (κ3) is 4.77. The molecule has 2 N–H and O–H groups in total. The van der Waals surface area contributed by atoms with Gasteiger partial charge in [-0.2, -0.15) is 5.10 Å². The minimum absolute atomic E-state index is 0.166. The van der Waals surface area contributed by atoms with E-state index in [0.29, 0.717) is 11.3 Å². The van der Waals surface area contributed by atoms with E-state index < -0.39 is 29.2 Å². The average molecular weight is 336 g/mol. The highest BCUT2D eigenvalue weighted by Crippen LogP contribution is 2.13. The number of nitrogens with one attached hydrogen (secondary N) is 1. The molecule has 0 saturated carbocycles. The lowest BCUT2D eigenvalue weighted by Gasteiger charge is -2.19. The molecule has 2 aromatic rings. The number of hydrogen-bond donors (Lipinski definition) is 2. The molecule has 2 rings (SSSR count). The summed E-state index contributed by atoms with van der Waals surface area (Å²) in [6.45, 7) is 5.41. The van der Waals surface area contributed by atoms with E-state index in [-0.39, 0.29) is 6.54 Å². The van der Waals surface area contributed by atoms with Crippen LogP contribution >= 0.6 is 0 Å². The molecule has 24 heavy (non-hydrogen) atoms. The minimum Gasteiger partial charge on any atom is -0.476 e. The van der Waals surface area contributed by atoms with Gasteiger partial charge in [0.25, 0.3) is 0 Å². The van der Waals surface area contributed by atoms with Gasteiger partial charge in [0.2, 0.25) is 0 Å². The van der Waals surface area contributed by atoms with Crippen molar-refractivity contribution in [2.45, 2.75) is 32.9 Å². The van der Waals surface area contributed by atoms with E-state index in [1.54, 1.807) is 20.8 Å². The van der Waals surface area contributed by atoms with Gasteiger partial charge in [0.05, 0.1) is 18.4 Å². The molecule has 0 aliphatic heterocycles. The van der Waals surface area contributed by atoms with E-state index in [1.807, 2.05) is 0 Å². The summed E-state index contributed by atoms with van der Waals surface area (Å²) in [5, 5.41) is 15.3. The van der Waals surface area contributed by atoms with Gasteiger partial charge in [-0.15, -0.1) is 0 Å². The Morgan fingerprint density at radius 1 is 1.38 bits per heavy atom. The average Bonchev–Trinajstić information content (AvgIpc) is 2.83. The van der Waals surface area contributed by atoms with Gasteiger partial charge in [0, 0.05) is 12.4 Å². The van der Waals surface area contributed by atoms with Gasteiger partial charge >= 0.3 is 12.1 Å². The maximum Gasteiger partial charge on any atom is 0.412 e. The molecule has 128 valence electrons. The summed E-state index contributed by atoms with van der Waals surface area (Å²) in [6.07, 6.45) is 3.60. The number of carbonyl (C=O) groups is 2. The first-order chi connectivity index (χ1) is 11.1. The molecular weight excluding hydrogens is 319 g/mol. The third-order valence-electron chi connectivity index (χ3n) is 2.72. The first kappa shape index (κ1) is 17.4. The topological polar surface area (TPSA) is 106 Å². The Morgan fingerprint density at radius 3 is 2.67 bits per heavy atom. The zero-order chi connectivity index (χ0) is 17.9. The van der Waals surface area contributed by atoms with E-state index >= 15 is 0 Å². The summed E-state index contributed by atoms with van der Waals surface area (Å²) in [5.41, 5.74) is -0.398. The van der Waals surface area contributed by atoms with Crippen molar-refractivity contribution in [3.8, 4) is 0 Å². The third-order valence-corrected chi connectivity index (χ3v) is 2.72. The van der Waals surface area contributed by atoms with E-state index in [1.165, 1.54) is 23.3 Å². The summed E-state index contributed by atoms with van der Waals surface area (Å²) in [4.78, 5) is 25.9. The molecule has 0 atom stereocenters. The van der Waals surface area contributed by atoms with Crippen molar-refractivity contribution in [1.29, 1.82) is 0 Å². The number of aromatic carboxylic acids is 1. The molecule has 8 nitrogen and oxygen atoms in total. The molecule has 0 aliphatic carbocycles. The van der Waals surface area contributed by atoms with E-state index in [9.17, 15) is 14.0 Å². The number of anilines is 1. The molecule has 2 heterocycles. The molecule has 0 saturated heterocycles. The number of amides is 1. The predicted octanol–water partition coefficient (Wildman–Crippen LogP) is 2.51. The Kier molecular flexibility index (Phi) is 4.82. The van der Waals surface area contributed by atoms with Crippen molar-refractivity contribution in [2.75, 3.05) is 5.32 Å². The van der Waals surface area contributed by atoms with Crippen LogP contribution in [0.3, 0.4) is 0 Å². The van der Waals surface area contributed by atoms with Crippen LogP contribution in [0, 0.1) is 5.82 Å². The fourth-order valence-corrected chi connectivity index (χ4v) is 1.84. The van der Waals surface area contributed by atoms with Crippen molar-refractivity contribution >= 4 is 17.7 Å². The molecule has 9 heteroatoms. The summed E-state index contributed by atoms with van der Waals surface area (Å²) in [6, 6.07) is 1.08. The van der Waals surface area contributed by atoms with Crippen LogP contribution in [0.2, 0.25) is 0 Å². The lowest BCUT2D eigenvalue weighted by molar-refractivity contribution is 0.0633. The van der Waals surface area contributed by atoms with Gasteiger partial charge < -0.3 is 9.84 Å². The van der Waals surface area contributed by atoms with Crippen molar-refractivity contribution in [2.24, 2.45) is 0 Å². The number of halogens is 1. The van der Waals surface area contributed by atoms with Crippen LogP contribution in [-0.4, -0.2) is 37.5 Å². The predicted molar refractivity (Wildman–Crippen MR) is 82.3 cm³/mol. The highest BCUT2D eigenvalue weighted by molar-refractivity contribution is 5.85. The van der Waals surface area contributed by atoms with Crippen molar-refractivity contribution in [1.82, 2.24) is 14.8 Å². The van der Waals surface area contributed by atoms with Crippen LogP contribution in [-0.2, 0) is 11.3 Å². The fraction of sp³-hybridized carbons (Fsp3) is 0.333. The molecule has 1 amide bonds. The number of aromatic nitrogens is 3. The smallest absolute Gasteiger partial charge is 0.412 e. The van der Waals surface area contributed by atoms with Crippen LogP contribution in [0.1, 0.15) is 36.8 Å². The second kappa shape index (κ2) is 6.65. The number of pyridine rings is 1. The van der Waals surface area contributed by atoms with Gasteiger partial charge in [-0.3, -0.25) is 10.00 Å². The van der Waals surface area contributed by atoms with Crippen LogP contribution in [0.25, 0.3) is 0 Å². The zero-order valence-corrected chi connectivity index (χ0v) is 13.4. The zero-order valence-electron chi connectivity index (χ0n) is 13.4. The first-order valence-corrected chi connectivity index (χ1v) is 7.04. The maximum absolute atomic E-state index is 13.6. The molecule has 0 unspecified atom stereocenters. The monoisotopic (exact) mass is 336 g/mol. The largest absolute Gasteiger partial charge is 0.476 e. The molecule has 0 spiro atoms. The summed E-state index contributed by atoms with van der Waals surface area (Å²) < 4.78 is 20.2. The van der Waals surface area contributed by atoms with E-state index in [2.05, 4.69) is 15.4 Å². The summed E-state index contributed by atoms with van der Waals surface area (Å²) in [7, 11) is 0. The number of ether oxygens (including phenoxy) is 1. The van der Waals surface area contributed by atoms with Gasteiger partial charge in [-0.05, 0) is 32.4 Å². The normalized spacial score (nSPS) is 11.2. The second-order valence-corrected chi connectivity index (χ2v) is 6.03. The van der Waals surface area contributed by atoms with E-state index in [0.717, 1.165) is 6.07 Å². The van der Waals surface area contributed by atoms with Gasteiger partial charge in [-0.1, -0.05) is 0 Å². The first-order valence-electron chi connectivity index (χ1n) is 7.04.